The first-order chi connectivity index (χ1) is 29.2. The summed E-state index contributed by atoms with van der Waals surface area (Å²) in [6, 6.07) is 69.8. The van der Waals surface area contributed by atoms with Crippen molar-refractivity contribution < 1.29 is 0 Å². The van der Waals surface area contributed by atoms with Crippen LogP contribution in [0, 0.1) is 0 Å². The Morgan fingerprint density at radius 2 is 0.814 bits per heavy atom. The fraction of sp³-hybridized carbons (Fsp3) is 0.0364. The van der Waals surface area contributed by atoms with Crippen LogP contribution in [0.1, 0.15) is 28.7 Å². The van der Waals surface area contributed by atoms with E-state index in [-0.39, 0.29) is 12.0 Å². The molecule has 2 unspecified atom stereocenters. The van der Waals surface area contributed by atoms with Gasteiger partial charge in [-0.25, -0.2) is 15.0 Å². The molecule has 4 heteroatoms. The smallest absolute Gasteiger partial charge is 0.164 e. The van der Waals surface area contributed by atoms with Crippen molar-refractivity contribution in [1.29, 1.82) is 0 Å². The van der Waals surface area contributed by atoms with Gasteiger partial charge in [-0.05, 0) is 96.5 Å². The zero-order chi connectivity index (χ0) is 38.9. The van der Waals surface area contributed by atoms with Crippen molar-refractivity contribution >= 4 is 49.8 Å². The summed E-state index contributed by atoms with van der Waals surface area (Å²) in [6.07, 6.45) is 4.70. The van der Waals surface area contributed by atoms with Crippen LogP contribution >= 0.6 is 0 Å². The Kier molecular flexibility index (Phi) is 7.63. The normalized spacial score (nSPS) is 15.4. The first-order valence-electron chi connectivity index (χ1n) is 20.2. The molecule has 1 aromatic heterocycles. The van der Waals surface area contributed by atoms with Gasteiger partial charge in [-0.2, -0.15) is 0 Å². The average Bonchev–Trinajstić information content (AvgIpc) is 3.64. The Morgan fingerprint density at radius 3 is 1.42 bits per heavy atom. The van der Waals surface area contributed by atoms with Crippen LogP contribution in [-0.4, -0.2) is 15.0 Å². The number of hydrogen-bond acceptors (Lipinski definition) is 4. The molecule has 2 aliphatic rings. The van der Waals surface area contributed by atoms with E-state index >= 15 is 0 Å². The van der Waals surface area contributed by atoms with Gasteiger partial charge in [-0.3, -0.25) is 0 Å². The van der Waals surface area contributed by atoms with E-state index in [1.165, 1.54) is 49.6 Å². The van der Waals surface area contributed by atoms with Gasteiger partial charge in [0, 0.05) is 34.0 Å². The second kappa shape index (κ2) is 13.5. The lowest BCUT2D eigenvalue weighted by Gasteiger charge is -2.33. The van der Waals surface area contributed by atoms with E-state index in [1.807, 2.05) is 0 Å². The van der Waals surface area contributed by atoms with Gasteiger partial charge < -0.3 is 4.90 Å². The minimum Gasteiger partial charge on any atom is -0.333 e. The van der Waals surface area contributed by atoms with Gasteiger partial charge in [0.15, 0.2) is 17.5 Å². The van der Waals surface area contributed by atoms with Crippen molar-refractivity contribution in [2.24, 2.45) is 0 Å². The Bertz CT molecular complexity index is 3200. The molecular formula is C55H36N4. The molecule has 0 bridgehead atoms. The molecule has 12 rings (SSSR count). The average molecular weight is 753 g/mol. The number of nitrogens with zero attached hydrogens (tertiary/aromatic N) is 4. The number of anilines is 2. The largest absolute Gasteiger partial charge is 0.333 e. The molecule has 2 atom stereocenters. The lowest BCUT2D eigenvalue weighted by Crippen LogP contribution is -2.23. The summed E-state index contributed by atoms with van der Waals surface area (Å²) in [5.41, 5.74) is 11.6. The van der Waals surface area contributed by atoms with Gasteiger partial charge in [-0.15, -0.1) is 0 Å². The van der Waals surface area contributed by atoms with Crippen LogP contribution in [0.4, 0.5) is 11.4 Å². The number of rotatable bonds is 5. The molecule has 1 aliphatic heterocycles. The van der Waals surface area contributed by atoms with Gasteiger partial charge in [0.05, 0.1) is 6.04 Å². The molecule has 1 aliphatic carbocycles. The molecule has 2 heterocycles. The van der Waals surface area contributed by atoms with Gasteiger partial charge in [0.2, 0.25) is 0 Å². The monoisotopic (exact) mass is 752 g/mol. The molecule has 0 fully saturated rings. The summed E-state index contributed by atoms with van der Waals surface area (Å²) in [7, 11) is 0. The quantitative estimate of drug-likeness (QED) is 0.176. The molecule has 0 saturated heterocycles. The number of hydrogen-bond donors (Lipinski definition) is 0. The van der Waals surface area contributed by atoms with Crippen molar-refractivity contribution in [3.05, 3.63) is 217 Å². The van der Waals surface area contributed by atoms with Crippen LogP contribution in [-0.2, 0) is 0 Å². The maximum atomic E-state index is 5.08. The summed E-state index contributed by atoms with van der Waals surface area (Å²) in [5, 5.41) is 7.21. The van der Waals surface area contributed by atoms with Crippen molar-refractivity contribution in [3.8, 4) is 45.3 Å². The van der Waals surface area contributed by atoms with Gasteiger partial charge in [-0.1, -0.05) is 170 Å². The molecule has 0 N–H and O–H groups in total. The molecule has 276 valence electrons. The van der Waals surface area contributed by atoms with Crippen LogP contribution in [0.5, 0.6) is 0 Å². The molecule has 0 spiro atoms. The summed E-state index contributed by atoms with van der Waals surface area (Å²) in [5.74, 6) is 2.22. The van der Waals surface area contributed by atoms with Crippen LogP contribution in [0.3, 0.4) is 0 Å². The Morgan fingerprint density at radius 1 is 0.356 bits per heavy atom. The lowest BCUT2D eigenvalue weighted by atomic mass is 9.82. The molecular weight excluding hydrogens is 717 g/mol. The zero-order valence-corrected chi connectivity index (χ0v) is 32.1. The highest BCUT2D eigenvalue weighted by molar-refractivity contribution is 5.92. The minimum atomic E-state index is 0.188. The third-order valence-corrected chi connectivity index (χ3v) is 12.2. The molecule has 10 aromatic rings. The topological polar surface area (TPSA) is 41.9 Å². The van der Waals surface area contributed by atoms with Crippen molar-refractivity contribution in [2.45, 2.75) is 12.0 Å². The van der Waals surface area contributed by atoms with Crippen molar-refractivity contribution in [1.82, 2.24) is 15.0 Å². The lowest BCUT2D eigenvalue weighted by molar-refractivity contribution is 0.667. The van der Waals surface area contributed by atoms with E-state index in [1.54, 1.807) is 0 Å². The molecule has 4 nitrogen and oxygen atoms in total. The Balaban J connectivity index is 0.906. The molecule has 59 heavy (non-hydrogen) atoms. The molecule has 0 saturated carbocycles. The van der Waals surface area contributed by atoms with Gasteiger partial charge in [0.1, 0.15) is 0 Å². The van der Waals surface area contributed by atoms with Crippen molar-refractivity contribution in [2.75, 3.05) is 4.90 Å². The van der Waals surface area contributed by atoms with Crippen LogP contribution in [0.2, 0.25) is 0 Å². The maximum absolute atomic E-state index is 5.08. The van der Waals surface area contributed by atoms with Gasteiger partial charge in [0.25, 0.3) is 0 Å². The maximum Gasteiger partial charge on any atom is 0.164 e. The molecule has 9 aromatic carbocycles. The van der Waals surface area contributed by atoms with Crippen LogP contribution in [0.25, 0.3) is 83.7 Å². The van der Waals surface area contributed by atoms with E-state index < -0.39 is 0 Å². The fourth-order valence-corrected chi connectivity index (χ4v) is 9.23. The highest BCUT2D eigenvalue weighted by Gasteiger charge is 2.41. The molecule has 0 radical (unpaired) electrons. The van der Waals surface area contributed by atoms with E-state index in [0.29, 0.717) is 17.5 Å². The molecule has 0 amide bonds. The summed E-state index contributed by atoms with van der Waals surface area (Å²) in [4.78, 5) is 17.8. The highest BCUT2D eigenvalue weighted by Crippen LogP contribution is 2.56. The van der Waals surface area contributed by atoms with Crippen LogP contribution in [0.15, 0.2) is 200 Å². The van der Waals surface area contributed by atoms with E-state index in [0.717, 1.165) is 38.6 Å². The SMILES string of the molecule is C1=CC2c3cc4ccccc4cc3N(c3ccc(-c4ccc(-c5nc(-c6ccc7ccccc7c6)nc(-c6ccc7ccccc7c6)n5)cc4)cc3)C2c2ccccc21. The number of aromatic nitrogens is 3. The standard InChI is InChI=1S/C55H36N4/c1-3-12-41-31-45(23-19-35(41)9-1)54-56-53(57-55(58-54)46-24-20-36-10-2-4-13-42(36)32-46)40-21-17-37(18-22-40)38-25-28-47(29-26-38)59-51-34-44-15-6-5-14-43(44)33-50(51)49-30-27-39-11-7-8-16-48(39)52(49)59/h1-34,49,52H. The first-order valence-corrected chi connectivity index (χ1v) is 20.2. The fourth-order valence-electron chi connectivity index (χ4n) is 9.23. The predicted octanol–water partition coefficient (Wildman–Crippen LogP) is 14.0. The third kappa shape index (κ3) is 5.72. The van der Waals surface area contributed by atoms with E-state index in [2.05, 4.69) is 211 Å². The predicted molar refractivity (Wildman–Crippen MR) is 244 cm³/mol. The van der Waals surface area contributed by atoms with Gasteiger partial charge >= 0.3 is 0 Å². The van der Waals surface area contributed by atoms with E-state index in [4.69, 9.17) is 15.0 Å². The van der Waals surface area contributed by atoms with Crippen LogP contribution < -0.4 is 4.90 Å². The highest BCUT2D eigenvalue weighted by atomic mass is 15.2. The van der Waals surface area contributed by atoms with E-state index in [9.17, 15) is 0 Å². The number of benzene rings is 9. The van der Waals surface area contributed by atoms with Crippen molar-refractivity contribution in [3.63, 3.8) is 0 Å². The summed E-state index contributed by atoms with van der Waals surface area (Å²) >= 11 is 0. The third-order valence-electron chi connectivity index (χ3n) is 12.2. The Hall–Kier alpha value is -7.69. The second-order valence-electron chi connectivity index (χ2n) is 15.6. The zero-order valence-electron chi connectivity index (χ0n) is 32.1. The number of fused-ring (bicyclic) bond motifs is 8. The minimum absolute atomic E-state index is 0.188. The summed E-state index contributed by atoms with van der Waals surface area (Å²) < 4.78 is 0. The first kappa shape index (κ1) is 33.4. The Labute approximate surface area is 342 Å². The summed E-state index contributed by atoms with van der Waals surface area (Å²) in [6.45, 7) is 0. The second-order valence-corrected chi connectivity index (χ2v) is 15.6.